The molecule has 0 saturated heterocycles. The van der Waals surface area contributed by atoms with E-state index in [1.54, 1.807) is 7.11 Å². The number of anilines is 1. The van der Waals surface area contributed by atoms with Gasteiger partial charge >= 0.3 is 0 Å². The van der Waals surface area contributed by atoms with Gasteiger partial charge in [0.05, 0.1) is 13.2 Å². The highest BCUT2D eigenvalue weighted by atomic mass is 32.2. The van der Waals surface area contributed by atoms with Gasteiger partial charge in [-0.15, -0.1) is 11.8 Å². The fourth-order valence-electron chi connectivity index (χ4n) is 3.28. The Morgan fingerprint density at radius 2 is 1.56 bits per heavy atom. The molecule has 126 valence electrons. The minimum atomic E-state index is 0.271. The lowest BCUT2D eigenvalue weighted by Gasteiger charge is -2.22. The van der Waals surface area contributed by atoms with Gasteiger partial charge in [0.1, 0.15) is 5.75 Å². The highest BCUT2D eigenvalue weighted by Gasteiger charge is 2.25. The summed E-state index contributed by atoms with van der Waals surface area (Å²) in [4.78, 5) is 1.31. The lowest BCUT2D eigenvalue weighted by molar-refractivity contribution is 0.414. The summed E-state index contributed by atoms with van der Waals surface area (Å²) in [6.07, 6.45) is 1.04. The van der Waals surface area contributed by atoms with E-state index in [2.05, 4.69) is 72.0 Å². The first-order chi connectivity index (χ1) is 12.3. The van der Waals surface area contributed by atoms with E-state index in [0.717, 1.165) is 12.2 Å². The maximum absolute atomic E-state index is 5.30. The topological polar surface area (TPSA) is 21.3 Å². The SMILES string of the molecule is COc1ccc([C@H]2C[C@@H](c3ccccc3)Sc3ccccc3N2)cc1. The van der Waals surface area contributed by atoms with Crippen molar-refractivity contribution in [2.45, 2.75) is 22.6 Å². The first-order valence-corrected chi connectivity index (χ1v) is 9.42. The van der Waals surface area contributed by atoms with Gasteiger partial charge in [0.25, 0.3) is 0 Å². The van der Waals surface area contributed by atoms with Crippen LogP contribution in [0.1, 0.15) is 28.8 Å². The second kappa shape index (κ2) is 7.24. The number of rotatable bonds is 3. The number of nitrogens with one attached hydrogen (secondary N) is 1. The van der Waals surface area contributed by atoms with E-state index in [0.29, 0.717) is 5.25 Å². The maximum atomic E-state index is 5.30. The first kappa shape index (κ1) is 16.1. The second-order valence-electron chi connectivity index (χ2n) is 6.22. The molecule has 0 saturated carbocycles. The van der Waals surface area contributed by atoms with Crippen molar-refractivity contribution >= 4 is 17.4 Å². The quantitative estimate of drug-likeness (QED) is 0.620. The summed E-state index contributed by atoms with van der Waals surface area (Å²) in [7, 11) is 1.71. The van der Waals surface area contributed by atoms with Crippen LogP contribution in [-0.2, 0) is 0 Å². The molecule has 0 radical (unpaired) electrons. The molecular formula is C22H21NOS. The van der Waals surface area contributed by atoms with Crippen LogP contribution < -0.4 is 10.1 Å². The fraction of sp³-hybridized carbons (Fsp3) is 0.182. The molecule has 25 heavy (non-hydrogen) atoms. The molecule has 0 spiro atoms. The number of thioether (sulfide) groups is 1. The van der Waals surface area contributed by atoms with E-state index in [1.807, 2.05) is 23.9 Å². The molecule has 0 amide bonds. The van der Waals surface area contributed by atoms with Gasteiger partial charge in [-0.25, -0.2) is 0 Å². The number of ether oxygens (including phenoxy) is 1. The monoisotopic (exact) mass is 347 g/mol. The van der Waals surface area contributed by atoms with Gasteiger partial charge < -0.3 is 10.1 Å². The molecule has 1 aliphatic rings. The predicted octanol–water partition coefficient (Wildman–Crippen LogP) is 6.09. The standard InChI is InChI=1S/C22H21NOS/c1-24-18-13-11-16(12-14-18)20-15-22(17-7-3-2-4-8-17)25-21-10-6-5-9-19(21)23-20/h2-14,20,22-23H,15H2,1H3/t20-,22+/m1/s1. The third-order valence-electron chi connectivity index (χ3n) is 4.63. The van der Waals surface area contributed by atoms with Crippen LogP contribution in [0.4, 0.5) is 5.69 Å². The average Bonchev–Trinajstić information content (AvgIpc) is 2.88. The van der Waals surface area contributed by atoms with Gasteiger partial charge in [0.15, 0.2) is 0 Å². The van der Waals surface area contributed by atoms with Crippen LogP contribution in [0.25, 0.3) is 0 Å². The average molecular weight is 347 g/mol. The third kappa shape index (κ3) is 3.52. The summed E-state index contributed by atoms with van der Waals surface area (Å²) in [6, 6.07) is 28.1. The molecule has 3 aromatic rings. The third-order valence-corrected chi connectivity index (χ3v) is 5.98. The molecule has 0 fully saturated rings. The van der Waals surface area contributed by atoms with Crippen molar-refractivity contribution in [1.82, 2.24) is 0 Å². The molecule has 0 bridgehead atoms. The molecule has 1 N–H and O–H groups in total. The van der Waals surface area contributed by atoms with Crippen LogP contribution in [0.5, 0.6) is 5.75 Å². The molecule has 2 nitrogen and oxygen atoms in total. The molecule has 2 atom stereocenters. The summed E-state index contributed by atoms with van der Waals surface area (Å²) >= 11 is 1.95. The molecule has 3 heteroatoms. The van der Waals surface area contributed by atoms with Gasteiger partial charge in [0, 0.05) is 15.8 Å². The zero-order valence-electron chi connectivity index (χ0n) is 14.2. The molecule has 4 rings (SSSR count). The van der Waals surface area contributed by atoms with Crippen molar-refractivity contribution in [2.24, 2.45) is 0 Å². The van der Waals surface area contributed by atoms with E-state index in [1.165, 1.54) is 21.7 Å². The Kier molecular flexibility index (Phi) is 4.66. The van der Waals surface area contributed by atoms with E-state index < -0.39 is 0 Å². The van der Waals surface area contributed by atoms with Crippen molar-refractivity contribution in [3.05, 3.63) is 90.0 Å². The Morgan fingerprint density at radius 1 is 0.840 bits per heavy atom. The van der Waals surface area contributed by atoms with Gasteiger partial charge in [0.2, 0.25) is 0 Å². The fourth-order valence-corrected chi connectivity index (χ4v) is 4.58. The Bertz CT molecular complexity index is 832. The smallest absolute Gasteiger partial charge is 0.118 e. The van der Waals surface area contributed by atoms with Gasteiger partial charge in [-0.3, -0.25) is 0 Å². The van der Waals surface area contributed by atoms with E-state index in [9.17, 15) is 0 Å². The van der Waals surface area contributed by atoms with E-state index in [-0.39, 0.29) is 6.04 Å². The zero-order chi connectivity index (χ0) is 17.1. The molecule has 1 heterocycles. The van der Waals surface area contributed by atoms with Crippen LogP contribution in [0.15, 0.2) is 83.8 Å². The Morgan fingerprint density at radius 3 is 2.32 bits per heavy atom. The number of methoxy groups -OCH3 is 1. The highest BCUT2D eigenvalue weighted by molar-refractivity contribution is 7.99. The van der Waals surface area contributed by atoms with Crippen molar-refractivity contribution in [1.29, 1.82) is 0 Å². The number of fused-ring (bicyclic) bond motifs is 1. The minimum Gasteiger partial charge on any atom is -0.497 e. The Balaban J connectivity index is 1.71. The van der Waals surface area contributed by atoms with E-state index in [4.69, 9.17) is 4.74 Å². The van der Waals surface area contributed by atoms with Crippen LogP contribution in [0.2, 0.25) is 0 Å². The van der Waals surface area contributed by atoms with Gasteiger partial charge in [-0.1, -0.05) is 54.6 Å². The van der Waals surface area contributed by atoms with Crippen LogP contribution in [-0.4, -0.2) is 7.11 Å². The van der Waals surface area contributed by atoms with Crippen molar-refractivity contribution < 1.29 is 4.74 Å². The zero-order valence-corrected chi connectivity index (χ0v) is 15.0. The number of hydrogen-bond donors (Lipinski definition) is 1. The number of para-hydroxylation sites is 1. The molecule has 1 aliphatic heterocycles. The van der Waals surface area contributed by atoms with Crippen LogP contribution in [0, 0.1) is 0 Å². The summed E-state index contributed by atoms with van der Waals surface area (Å²) in [6.45, 7) is 0. The Labute approximate surface area is 153 Å². The maximum Gasteiger partial charge on any atom is 0.118 e. The number of hydrogen-bond acceptors (Lipinski definition) is 3. The summed E-state index contributed by atoms with van der Waals surface area (Å²) in [5.74, 6) is 0.895. The first-order valence-electron chi connectivity index (χ1n) is 8.54. The normalized spacial score (nSPS) is 19.4. The molecular weight excluding hydrogens is 326 g/mol. The van der Waals surface area contributed by atoms with Crippen molar-refractivity contribution in [2.75, 3.05) is 12.4 Å². The van der Waals surface area contributed by atoms with Crippen LogP contribution in [0.3, 0.4) is 0 Å². The summed E-state index contributed by atoms with van der Waals surface area (Å²) in [5, 5.41) is 4.17. The predicted molar refractivity (Wildman–Crippen MR) is 105 cm³/mol. The highest BCUT2D eigenvalue weighted by Crippen LogP contribution is 2.48. The molecule has 3 aromatic carbocycles. The molecule has 0 aromatic heterocycles. The number of benzene rings is 3. The molecule has 0 unspecified atom stereocenters. The Hall–Kier alpha value is -2.39. The lowest BCUT2D eigenvalue weighted by Crippen LogP contribution is -2.11. The van der Waals surface area contributed by atoms with E-state index >= 15 is 0 Å². The van der Waals surface area contributed by atoms with Crippen molar-refractivity contribution in [3.63, 3.8) is 0 Å². The largest absolute Gasteiger partial charge is 0.497 e. The second-order valence-corrected chi connectivity index (χ2v) is 7.46. The minimum absolute atomic E-state index is 0.271. The van der Waals surface area contributed by atoms with Crippen molar-refractivity contribution in [3.8, 4) is 5.75 Å². The summed E-state index contributed by atoms with van der Waals surface area (Å²) < 4.78 is 5.30. The molecule has 0 aliphatic carbocycles. The van der Waals surface area contributed by atoms with Crippen LogP contribution >= 0.6 is 11.8 Å². The van der Waals surface area contributed by atoms with Gasteiger partial charge in [-0.05, 0) is 41.8 Å². The summed E-state index contributed by atoms with van der Waals surface area (Å²) in [5.41, 5.74) is 3.88. The lowest BCUT2D eigenvalue weighted by atomic mass is 9.98. The van der Waals surface area contributed by atoms with Gasteiger partial charge in [-0.2, -0.15) is 0 Å².